The fourth-order valence-corrected chi connectivity index (χ4v) is 3.10. The van der Waals surface area contributed by atoms with Gasteiger partial charge in [-0.25, -0.2) is 0 Å². The highest BCUT2D eigenvalue weighted by Gasteiger charge is 1.83. The molecule has 0 atom stereocenters. The van der Waals surface area contributed by atoms with Crippen LogP contribution in [0.15, 0.2) is 30.3 Å². The van der Waals surface area contributed by atoms with Crippen molar-refractivity contribution >= 4 is 21.6 Å². The summed E-state index contributed by atoms with van der Waals surface area (Å²) in [7, 11) is 3.99. The van der Waals surface area contributed by atoms with Crippen LogP contribution in [-0.4, -0.2) is 11.5 Å². The van der Waals surface area contributed by atoms with Crippen molar-refractivity contribution in [3.63, 3.8) is 0 Å². The molecule has 0 amide bonds. The van der Waals surface area contributed by atoms with Crippen molar-refractivity contribution in [2.45, 2.75) is 33.6 Å². The Balaban J connectivity index is 0.000000262. The lowest BCUT2D eigenvalue weighted by Crippen LogP contribution is -1.70. The van der Waals surface area contributed by atoms with E-state index in [4.69, 9.17) is 0 Å². The number of hydrogen-bond acceptors (Lipinski definition) is 2. The first kappa shape index (κ1) is 14.9. The summed E-state index contributed by atoms with van der Waals surface area (Å²) in [5.74, 6) is 2.62. The SMILES string of the molecule is CCCSSCCC.Cc1ccccc1. The minimum atomic E-state index is 1.31. The minimum Gasteiger partial charge on any atom is -0.0942 e. The Bertz CT molecular complexity index is 203. The summed E-state index contributed by atoms with van der Waals surface area (Å²) in [6.45, 7) is 6.53. The Morgan fingerprint density at radius 1 is 0.867 bits per heavy atom. The fraction of sp³-hybridized carbons (Fsp3) is 0.538. The van der Waals surface area contributed by atoms with Gasteiger partial charge in [-0.2, -0.15) is 0 Å². The number of aryl methyl sites for hydroxylation is 1. The molecule has 1 aromatic carbocycles. The first-order valence-corrected chi connectivity index (χ1v) is 8.06. The molecular formula is C13H22S2. The van der Waals surface area contributed by atoms with E-state index in [1.54, 1.807) is 0 Å². The van der Waals surface area contributed by atoms with Crippen LogP contribution in [0.5, 0.6) is 0 Å². The van der Waals surface area contributed by atoms with Gasteiger partial charge < -0.3 is 0 Å². The van der Waals surface area contributed by atoms with Crippen LogP contribution < -0.4 is 0 Å². The van der Waals surface area contributed by atoms with Crippen molar-refractivity contribution in [1.82, 2.24) is 0 Å². The molecule has 0 spiro atoms. The standard InChI is InChI=1S/C7H8.C6H14S2/c1-7-5-3-2-4-6-7;1-3-5-7-8-6-4-2/h2-6H,1H3;3-6H2,1-2H3. The van der Waals surface area contributed by atoms with Gasteiger partial charge in [0.25, 0.3) is 0 Å². The second kappa shape index (κ2) is 12.0. The van der Waals surface area contributed by atoms with E-state index in [-0.39, 0.29) is 0 Å². The number of rotatable bonds is 5. The lowest BCUT2D eigenvalue weighted by molar-refractivity contribution is 1.11. The van der Waals surface area contributed by atoms with Crippen molar-refractivity contribution in [1.29, 1.82) is 0 Å². The Labute approximate surface area is 103 Å². The summed E-state index contributed by atoms with van der Waals surface area (Å²) >= 11 is 0. The number of hydrogen-bond donors (Lipinski definition) is 0. The van der Waals surface area contributed by atoms with Crippen molar-refractivity contribution in [2.24, 2.45) is 0 Å². The maximum atomic E-state index is 2.22. The van der Waals surface area contributed by atoms with Crippen molar-refractivity contribution in [3.05, 3.63) is 35.9 Å². The van der Waals surface area contributed by atoms with Crippen LogP contribution in [0, 0.1) is 6.92 Å². The van der Waals surface area contributed by atoms with E-state index in [0.717, 1.165) is 0 Å². The maximum Gasteiger partial charge on any atom is 0.00343 e. The third-order valence-corrected chi connectivity index (χ3v) is 4.42. The van der Waals surface area contributed by atoms with Crippen molar-refractivity contribution in [3.8, 4) is 0 Å². The van der Waals surface area contributed by atoms with E-state index in [2.05, 4.69) is 32.9 Å². The van der Waals surface area contributed by atoms with Crippen LogP contribution in [0.3, 0.4) is 0 Å². The Hall–Kier alpha value is -0.0800. The molecule has 0 aromatic heterocycles. The van der Waals surface area contributed by atoms with Crippen LogP contribution in [0.2, 0.25) is 0 Å². The van der Waals surface area contributed by atoms with E-state index in [9.17, 15) is 0 Å². The van der Waals surface area contributed by atoms with E-state index >= 15 is 0 Å². The van der Waals surface area contributed by atoms with Crippen LogP contribution in [0.4, 0.5) is 0 Å². The fourth-order valence-electron chi connectivity index (χ4n) is 0.819. The van der Waals surface area contributed by atoms with E-state index in [1.165, 1.54) is 29.9 Å². The quantitative estimate of drug-likeness (QED) is 0.515. The molecule has 86 valence electrons. The summed E-state index contributed by atoms with van der Waals surface area (Å²) < 4.78 is 0. The van der Waals surface area contributed by atoms with Crippen LogP contribution in [-0.2, 0) is 0 Å². The van der Waals surface area contributed by atoms with Gasteiger partial charge in [-0.3, -0.25) is 0 Å². The lowest BCUT2D eigenvalue weighted by Gasteiger charge is -1.93. The van der Waals surface area contributed by atoms with Gasteiger partial charge in [0.1, 0.15) is 0 Å². The van der Waals surface area contributed by atoms with Gasteiger partial charge in [0.15, 0.2) is 0 Å². The minimum absolute atomic E-state index is 1.31. The summed E-state index contributed by atoms with van der Waals surface area (Å²) in [5, 5.41) is 0. The van der Waals surface area contributed by atoms with E-state index in [0.29, 0.717) is 0 Å². The molecule has 0 radical (unpaired) electrons. The smallest absolute Gasteiger partial charge is 0.00343 e. The predicted octanol–water partition coefficient (Wildman–Crippen LogP) is 5.18. The molecule has 1 rings (SSSR count). The molecule has 0 saturated heterocycles. The highest BCUT2D eigenvalue weighted by Crippen LogP contribution is 2.21. The highest BCUT2D eigenvalue weighted by molar-refractivity contribution is 8.76. The van der Waals surface area contributed by atoms with Crippen LogP contribution in [0.25, 0.3) is 0 Å². The lowest BCUT2D eigenvalue weighted by atomic mass is 10.2. The largest absolute Gasteiger partial charge is 0.0942 e. The van der Waals surface area contributed by atoms with Crippen LogP contribution >= 0.6 is 21.6 Å². The summed E-state index contributed by atoms with van der Waals surface area (Å²) in [5.41, 5.74) is 1.32. The van der Waals surface area contributed by atoms with Gasteiger partial charge in [-0.15, -0.1) is 0 Å². The maximum absolute atomic E-state index is 2.22. The molecule has 0 saturated carbocycles. The Morgan fingerprint density at radius 2 is 1.33 bits per heavy atom. The normalized spacial score (nSPS) is 9.27. The molecule has 1 aromatic rings. The average molecular weight is 242 g/mol. The molecule has 0 nitrogen and oxygen atoms in total. The molecule has 0 aliphatic heterocycles. The molecule has 0 N–H and O–H groups in total. The zero-order chi connectivity index (χ0) is 11.4. The van der Waals surface area contributed by atoms with Gasteiger partial charge in [0.05, 0.1) is 0 Å². The van der Waals surface area contributed by atoms with Gasteiger partial charge in [0.2, 0.25) is 0 Å². The number of benzene rings is 1. The molecule has 2 heteroatoms. The van der Waals surface area contributed by atoms with Gasteiger partial charge in [0, 0.05) is 11.5 Å². The molecule has 0 heterocycles. The Morgan fingerprint density at radius 3 is 1.60 bits per heavy atom. The molecule has 0 aliphatic rings. The van der Waals surface area contributed by atoms with Crippen molar-refractivity contribution < 1.29 is 0 Å². The average Bonchev–Trinajstić information content (AvgIpc) is 2.27. The van der Waals surface area contributed by atoms with Gasteiger partial charge >= 0.3 is 0 Å². The highest BCUT2D eigenvalue weighted by atomic mass is 33.1. The molecule has 0 aliphatic carbocycles. The van der Waals surface area contributed by atoms with Gasteiger partial charge in [-0.1, -0.05) is 71.3 Å². The molecule has 0 bridgehead atoms. The monoisotopic (exact) mass is 242 g/mol. The second-order valence-corrected chi connectivity index (χ2v) is 6.00. The molecular weight excluding hydrogens is 220 g/mol. The molecule has 0 unspecified atom stereocenters. The zero-order valence-electron chi connectivity index (χ0n) is 10.0. The first-order valence-electron chi connectivity index (χ1n) is 5.57. The summed E-state index contributed by atoms with van der Waals surface area (Å²) in [6.07, 6.45) is 2.61. The third-order valence-electron chi connectivity index (χ3n) is 1.60. The zero-order valence-corrected chi connectivity index (χ0v) is 11.7. The van der Waals surface area contributed by atoms with Crippen LogP contribution in [0.1, 0.15) is 32.3 Å². The topological polar surface area (TPSA) is 0 Å². The summed E-state index contributed by atoms with van der Waals surface area (Å²) in [4.78, 5) is 0. The first-order chi connectivity index (χ1) is 7.31. The summed E-state index contributed by atoms with van der Waals surface area (Å²) in [6, 6.07) is 10.3. The van der Waals surface area contributed by atoms with Gasteiger partial charge in [-0.05, 0) is 19.8 Å². The molecule has 15 heavy (non-hydrogen) atoms. The second-order valence-electron chi connectivity index (χ2n) is 3.30. The third kappa shape index (κ3) is 11.8. The predicted molar refractivity (Wildman–Crippen MR) is 76.7 cm³/mol. The Kier molecular flexibility index (Phi) is 11.9. The van der Waals surface area contributed by atoms with E-state index < -0.39 is 0 Å². The molecule has 0 fully saturated rings. The van der Waals surface area contributed by atoms with E-state index in [1.807, 2.05) is 39.8 Å². The van der Waals surface area contributed by atoms with Crippen molar-refractivity contribution in [2.75, 3.05) is 11.5 Å².